The van der Waals surface area contributed by atoms with Crippen LogP contribution in [0.25, 0.3) is 0 Å². The van der Waals surface area contributed by atoms with E-state index in [2.05, 4.69) is 19.2 Å². The van der Waals surface area contributed by atoms with Crippen LogP contribution in [0, 0.1) is 16.2 Å². The standard InChI is InChI=1S/C18H23NO3/c1-16(2)17(3)9-10-18(16,11-14(17)20)15(21)19-12-7-5-6-8-13(12)22-4/h5-8H,9-11H2,1-4H3,(H,19,21). The van der Waals surface area contributed by atoms with E-state index in [-0.39, 0.29) is 22.5 Å². The summed E-state index contributed by atoms with van der Waals surface area (Å²) in [5.41, 5.74) is -0.665. The molecule has 1 N–H and O–H groups in total. The van der Waals surface area contributed by atoms with Crippen LogP contribution in [0.2, 0.25) is 0 Å². The van der Waals surface area contributed by atoms with Gasteiger partial charge < -0.3 is 10.1 Å². The van der Waals surface area contributed by atoms with Gasteiger partial charge in [0.2, 0.25) is 5.91 Å². The summed E-state index contributed by atoms with van der Waals surface area (Å²) >= 11 is 0. The van der Waals surface area contributed by atoms with Crippen molar-refractivity contribution in [1.29, 1.82) is 0 Å². The number of ether oxygens (including phenoxy) is 1. The molecular formula is C18H23NO3. The normalized spacial score (nSPS) is 32.1. The first-order valence-electron chi connectivity index (χ1n) is 7.76. The number of nitrogens with one attached hydrogen (secondary N) is 1. The monoisotopic (exact) mass is 301 g/mol. The number of benzene rings is 1. The summed E-state index contributed by atoms with van der Waals surface area (Å²) in [6.07, 6.45) is 1.90. The van der Waals surface area contributed by atoms with E-state index in [1.807, 2.05) is 31.2 Å². The predicted octanol–water partition coefficient (Wildman–Crippen LogP) is 3.42. The van der Waals surface area contributed by atoms with Gasteiger partial charge in [-0.05, 0) is 30.4 Å². The molecule has 0 aliphatic heterocycles. The molecule has 0 heterocycles. The lowest BCUT2D eigenvalue weighted by Gasteiger charge is -2.38. The molecule has 4 nitrogen and oxygen atoms in total. The van der Waals surface area contributed by atoms with Crippen molar-refractivity contribution < 1.29 is 14.3 Å². The molecule has 2 bridgehead atoms. The number of para-hydroxylation sites is 2. The Kier molecular flexibility index (Phi) is 3.13. The Bertz CT molecular complexity index is 651. The molecule has 4 heteroatoms. The van der Waals surface area contributed by atoms with Crippen LogP contribution in [0.5, 0.6) is 5.75 Å². The number of fused-ring (bicyclic) bond motifs is 2. The van der Waals surface area contributed by atoms with E-state index in [4.69, 9.17) is 4.74 Å². The van der Waals surface area contributed by atoms with Gasteiger partial charge >= 0.3 is 0 Å². The van der Waals surface area contributed by atoms with Crippen LogP contribution in [0.4, 0.5) is 5.69 Å². The van der Waals surface area contributed by atoms with Crippen molar-refractivity contribution in [3.05, 3.63) is 24.3 Å². The summed E-state index contributed by atoms with van der Waals surface area (Å²) in [5, 5.41) is 3.00. The third kappa shape index (κ3) is 1.64. The molecule has 22 heavy (non-hydrogen) atoms. The van der Waals surface area contributed by atoms with Gasteiger partial charge in [-0.3, -0.25) is 9.59 Å². The predicted molar refractivity (Wildman–Crippen MR) is 84.8 cm³/mol. The zero-order valence-corrected chi connectivity index (χ0v) is 13.7. The molecule has 2 aliphatic rings. The molecule has 2 atom stereocenters. The highest BCUT2D eigenvalue weighted by Crippen LogP contribution is 2.70. The van der Waals surface area contributed by atoms with Gasteiger partial charge in [0.1, 0.15) is 11.5 Å². The van der Waals surface area contributed by atoms with E-state index < -0.39 is 5.41 Å². The Morgan fingerprint density at radius 1 is 1.18 bits per heavy atom. The average Bonchev–Trinajstić information content (AvgIpc) is 2.78. The summed E-state index contributed by atoms with van der Waals surface area (Å²) in [4.78, 5) is 25.5. The zero-order chi connectivity index (χ0) is 16.2. The molecule has 2 fully saturated rings. The molecule has 0 spiro atoms. The number of ketones is 1. The van der Waals surface area contributed by atoms with Crippen LogP contribution in [0.3, 0.4) is 0 Å². The molecule has 0 saturated heterocycles. The molecule has 0 radical (unpaired) electrons. The van der Waals surface area contributed by atoms with E-state index in [1.165, 1.54) is 0 Å². The maximum absolute atomic E-state index is 13.0. The van der Waals surface area contributed by atoms with Crippen LogP contribution < -0.4 is 10.1 Å². The molecule has 2 saturated carbocycles. The summed E-state index contributed by atoms with van der Waals surface area (Å²) < 4.78 is 5.30. The Hall–Kier alpha value is -1.84. The fourth-order valence-corrected chi connectivity index (χ4v) is 4.35. The maximum Gasteiger partial charge on any atom is 0.231 e. The van der Waals surface area contributed by atoms with Crippen molar-refractivity contribution in [2.24, 2.45) is 16.2 Å². The van der Waals surface area contributed by atoms with Gasteiger partial charge in [-0.15, -0.1) is 0 Å². The first-order valence-corrected chi connectivity index (χ1v) is 7.76. The minimum atomic E-state index is -0.611. The third-order valence-corrected chi connectivity index (χ3v) is 6.50. The van der Waals surface area contributed by atoms with Gasteiger partial charge in [-0.2, -0.15) is 0 Å². The lowest BCUT2D eigenvalue weighted by Crippen LogP contribution is -2.43. The zero-order valence-electron chi connectivity index (χ0n) is 13.7. The number of Topliss-reactive ketones (excluding diaryl/α,β-unsaturated/α-hetero) is 1. The summed E-state index contributed by atoms with van der Waals surface area (Å²) in [6, 6.07) is 7.37. The SMILES string of the molecule is COc1ccccc1NC(=O)C12CCC(C)(C(=O)C1)C2(C)C. The topological polar surface area (TPSA) is 55.4 Å². The fourth-order valence-electron chi connectivity index (χ4n) is 4.35. The van der Waals surface area contributed by atoms with Gasteiger partial charge in [0.15, 0.2) is 0 Å². The molecular weight excluding hydrogens is 278 g/mol. The van der Waals surface area contributed by atoms with Crippen LogP contribution in [-0.2, 0) is 9.59 Å². The van der Waals surface area contributed by atoms with Crippen molar-refractivity contribution in [3.63, 3.8) is 0 Å². The summed E-state index contributed by atoms with van der Waals surface area (Å²) in [5.74, 6) is 0.797. The molecule has 3 rings (SSSR count). The van der Waals surface area contributed by atoms with Gasteiger partial charge in [-0.25, -0.2) is 0 Å². The molecule has 2 aliphatic carbocycles. The maximum atomic E-state index is 13.0. The summed E-state index contributed by atoms with van der Waals surface area (Å²) in [6.45, 7) is 6.14. The van der Waals surface area contributed by atoms with Gasteiger partial charge in [0.05, 0.1) is 18.2 Å². The highest BCUT2D eigenvalue weighted by molar-refractivity contribution is 6.05. The molecule has 2 unspecified atom stereocenters. The smallest absolute Gasteiger partial charge is 0.231 e. The largest absolute Gasteiger partial charge is 0.495 e. The van der Waals surface area contributed by atoms with Crippen molar-refractivity contribution in [3.8, 4) is 5.75 Å². The van der Waals surface area contributed by atoms with E-state index in [9.17, 15) is 9.59 Å². The first-order chi connectivity index (χ1) is 10.3. The summed E-state index contributed by atoms with van der Waals surface area (Å²) in [7, 11) is 1.58. The van der Waals surface area contributed by atoms with Crippen molar-refractivity contribution >= 4 is 17.4 Å². The third-order valence-electron chi connectivity index (χ3n) is 6.50. The van der Waals surface area contributed by atoms with Gasteiger partial charge in [0, 0.05) is 11.8 Å². The Morgan fingerprint density at radius 2 is 1.86 bits per heavy atom. The Morgan fingerprint density at radius 3 is 2.41 bits per heavy atom. The molecule has 1 aromatic rings. The number of methoxy groups -OCH3 is 1. The van der Waals surface area contributed by atoms with Crippen molar-refractivity contribution in [2.45, 2.75) is 40.0 Å². The van der Waals surface area contributed by atoms with E-state index in [1.54, 1.807) is 7.11 Å². The number of hydrogen-bond acceptors (Lipinski definition) is 3. The highest BCUT2D eigenvalue weighted by Gasteiger charge is 2.72. The molecule has 118 valence electrons. The van der Waals surface area contributed by atoms with Crippen LogP contribution in [0.15, 0.2) is 24.3 Å². The lowest BCUT2D eigenvalue weighted by atomic mass is 9.64. The van der Waals surface area contributed by atoms with Crippen molar-refractivity contribution in [1.82, 2.24) is 0 Å². The minimum absolute atomic E-state index is 0.0587. The quantitative estimate of drug-likeness (QED) is 0.930. The second-order valence-electron chi connectivity index (χ2n) is 7.29. The number of carbonyl (C=O) groups excluding carboxylic acids is 2. The first kappa shape index (κ1) is 15.1. The number of hydrogen-bond donors (Lipinski definition) is 1. The number of rotatable bonds is 3. The van der Waals surface area contributed by atoms with Gasteiger partial charge in [-0.1, -0.05) is 32.9 Å². The number of anilines is 1. The number of carbonyl (C=O) groups is 2. The average molecular weight is 301 g/mol. The van der Waals surface area contributed by atoms with E-state index in [0.29, 0.717) is 17.9 Å². The van der Waals surface area contributed by atoms with Gasteiger partial charge in [0.25, 0.3) is 0 Å². The Labute approximate surface area is 131 Å². The second kappa shape index (κ2) is 4.58. The van der Waals surface area contributed by atoms with Crippen LogP contribution in [-0.4, -0.2) is 18.8 Å². The highest BCUT2D eigenvalue weighted by atomic mass is 16.5. The second-order valence-corrected chi connectivity index (χ2v) is 7.29. The lowest BCUT2D eigenvalue weighted by molar-refractivity contribution is -0.131. The molecule has 0 aromatic heterocycles. The van der Waals surface area contributed by atoms with Crippen molar-refractivity contribution in [2.75, 3.05) is 12.4 Å². The van der Waals surface area contributed by atoms with Crippen LogP contribution in [0.1, 0.15) is 40.0 Å². The fraction of sp³-hybridized carbons (Fsp3) is 0.556. The Balaban J connectivity index is 1.95. The molecule has 1 amide bonds. The van der Waals surface area contributed by atoms with E-state index in [0.717, 1.165) is 12.8 Å². The number of amides is 1. The van der Waals surface area contributed by atoms with Crippen LogP contribution >= 0.6 is 0 Å². The molecule has 1 aromatic carbocycles. The minimum Gasteiger partial charge on any atom is -0.495 e. The van der Waals surface area contributed by atoms with E-state index >= 15 is 0 Å².